The number of nitrogens with zero attached hydrogens (tertiary/aromatic N) is 2. The minimum atomic E-state index is -1.24. The zero-order valence-corrected chi connectivity index (χ0v) is 10.2. The van der Waals surface area contributed by atoms with Gasteiger partial charge >= 0.3 is 5.69 Å². The first-order valence-corrected chi connectivity index (χ1v) is 5.93. The molecule has 1 aromatic rings. The Hall–Kier alpha value is -1.15. The first-order valence-electron chi connectivity index (χ1n) is 5.40. The highest BCUT2D eigenvalue weighted by molar-refractivity contribution is 6.18. The van der Waals surface area contributed by atoms with Gasteiger partial charge in [-0.2, -0.15) is 4.98 Å². The lowest BCUT2D eigenvalue weighted by molar-refractivity contribution is -0.114. The number of nitrogens with two attached hydrogens (primary N) is 1. The van der Waals surface area contributed by atoms with Crippen LogP contribution in [0.4, 0.5) is 5.82 Å². The number of aromatic nitrogens is 2. The van der Waals surface area contributed by atoms with Gasteiger partial charge in [-0.3, -0.25) is 4.57 Å². The number of aliphatic hydroxyl groups is 2. The molecule has 4 N–H and O–H groups in total. The molecule has 1 aliphatic rings. The summed E-state index contributed by atoms with van der Waals surface area (Å²) >= 11 is 5.71. The predicted molar refractivity (Wildman–Crippen MR) is 64.2 cm³/mol. The Balaban J connectivity index is 2.30. The zero-order valence-electron chi connectivity index (χ0n) is 9.49. The largest absolute Gasteiger partial charge is 0.393 e. The fraction of sp³-hybridized carbons (Fsp3) is 0.600. The lowest BCUT2D eigenvalue weighted by Crippen LogP contribution is -2.45. The lowest BCUT2D eigenvalue weighted by atomic mass is 10.0. The molecule has 1 saturated heterocycles. The van der Waals surface area contributed by atoms with Gasteiger partial charge in [0.2, 0.25) is 0 Å². The van der Waals surface area contributed by atoms with E-state index in [1.807, 2.05) is 0 Å². The summed E-state index contributed by atoms with van der Waals surface area (Å²) in [5.74, 6) is 0.0405. The molecule has 0 amide bonds. The van der Waals surface area contributed by atoms with Crippen LogP contribution < -0.4 is 11.4 Å². The second-order valence-corrected chi connectivity index (χ2v) is 4.49. The third-order valence-corrected chi connectivity index (χ3v) is 3.51. The molecule has 3 atom stereocenters. The van der Waals surface area contributed by atoms with Gasteiger partial charge < -0.3 is 20.7 Å². The number of rotatable bonds is 3. The Morgan fingerprint density at radius 1 is 1.72 bits per heavy atom. The molecule has 0 saturated carbocycles. The Morgan fingerprint density at radius 2 is 2.44 bits per heavy atom. The average molecular weight is 276 g/mol. The van der Waals surface area contributed by atoms with Gasteiger partial charge in [-0.05, 0) is 6.07 Å². The molecule has 1 unspecified atom stereocenters. The number of aliphatic hydroxyl groups excluding tert-OH is 2. The van der Waals surface area contributed by atoms with E-state index in [2.05, 4.69) is 4.98 Å². The van der Waals surface area contributed by atoms with Gasteiger partial charge in [0.1, 0.15) is 17.6 Å². The second kappa shape index (κ2) is 4.85. The van der Waals surface area contributed by atoms with E-state index >= 15 is 0 Å². The molecule has 2 heterocycles. The normalized spacial score (nSPS) is 31.7. The number of nitrogen functional groups attached to an aromatic ring is 1. The second-order valence-electron chi connectivity index (χ2n) is 4.22. The highest BCUT2D eigenvalue weighted by Crippen LogP contribution is 2.36. The summed E-state index contributed by atoms with van der Waals surface area (Å²) in [5.41, 5.74) is 3.57. The molecule has 0 aromatic carbocycles. The fourth-order valence-corrected chi connectivity index (χ4v) is 2.25. The lowest BCUT2D eigenvalue weighted by Gasteiger charge is -2.27. The van der Waals surface area contributed by atoms with E-state index in [0.29, 0.717) is 0 Å². The highest BCUT2D eigenvalue weighted by atomic mass is 35.5. The molecular formula is C10H14ClN3O4. The molecule has 1 fully saturated rings. The van der Waals surface area contributed by atoms with Crippen molar-refractivity contribution in [2.24, 2.45) is 0 Å². The van der Waals surface area contributed by atoms with Crippen molar-refractivity contribution < 1.29 is 14.9 Å². The maximum absolute atomic E-state index is 11.6. The van der Waals surface area contributed by atoms with Gasteiger partial charge in [-0.15, -0.1) is 11.6 Å². The molecule has 7 nitrogen and oxygen atoms in total. The number of hydrogen-bond donors (Lipinski definition) is 3. The van der Waals surface area contributed by atoms with E-state index < -0.39 is 30.2 Å². The van der Waals surface area contributed by atoms with Crippen molar-refractivity contribution in [1.82, 2.24) is 9.55 Å². The maximum atomic E-state index is 11.6. The number of anilines is 1. The van der Waals surface area contributed by atoms with Crippen molar-refractivity contribution in [3.05, 3.63) is 22.7 Å². The van der Waals surface area contributed by atoms with E-state index in [9.17, 15) is 15.0 Å². The molecule has 0 spiro atoms. The van der Waals surface area contributed by atoms with Crippen LogP contribution in [0.5, 0.6) is 0 Å². The number of ether oxygens (including phenoxy) is 1. The first-order chi connectivity index (χ1) is 8.52. The van der Waals surface area contributed by atoms with Crippen LogP contribution in [0.15, 0.2) is 17.1 Å². The van der Waals surface area contributed by atoms with Crippen LogP contribution >= 0.6 is 11.6 Å². The quantitative estimate of drug-likeness (QED) is 0.615. The molecule has 0 bridgehead atoms. The Labute approximate surface area is 108 Å². The maximum Gasteiger partial charge on any atom is 0.351 e. The fourth-order valence-electron chi connectivity index (χ4n) is 1.92. The van der Waals surface area contributed by atoms with Crippen molar-refractivity contribution in [3.63, 3.8) is 0 Å². The summed E-state index contributed by atoms with van der Waals surface area (Å²) in [7, 11) is 0. The van der Waals surface area contributed by atoms with E-state index in [0.717, 1.165) is 0 Å². The van der Waals surface area contributed by atoms with Gasteiger partial charge in [0.15, 0.2) is 0 Å². The molecule has 1 aliphatic heterocycles. The smallest absolute Gasteiger partial charge is 0.351 e. The Bertz CT molecular complexity index is 488. The number of halogens is 1. The van der Waals surface area contributed by atoms with Crippen molar-refractivity contribution >= 4 is 17.4 Å². The third-order valence-electron chi connectivity index (χ3n) is 3.06. The molecule has 2 rings (SSSR count). The highest BCUT2D eigenvalue weighted by Gasteiger charge is 2.48. The van der Waals surface area contributed by atoms with Crippen LogP contribution in [-0.4, -0.2) is 44.0 Å². The van der Waals surface area contributed by atoms with E-state index in [1.54, 1.807) is 0 Å². The minimum absolute atomic E-state index is 0.0711. The molecule has 100 valence electrons. The van der Waals surface area contributed by atoms with Crippen LogP contribution in [-0.2, 0) is 4.74 Å². The summed E-state index contributed by atoms with van der Waals surface area (Å²) in [5, 5.41) is 19.2. The SMILES string of the molecule is Nc1ccn(C2C[C@H](O)[C@](CO)(CCl)O2)c(=O)n1. The monoisotopic (exact) mass is 275 g/mol. The predicted octanol–water partition coefficient (Wildman–Crippen LogP) is -0.925. The van der Waals surface area contributed by atoms with Gasteiger partial charge in [-0.25, -0.2) is 4.79 Å². The summed E-state index contributed by atoms with van der Waals surface area (Å²) in [6, 6.07) is 1.46. The van der Waals surface area contributed by atoms with Gasteiger partial charge in [0.05, 0.1) is 18.6 Å². The van der Waals surface area contributed by atoms with Gasteiger partial charge in [-0.1, -0.05) is 0 Å². The minimum Gasteiger partial charge on any atom is -0.393 e. The standard InChI is InChI=1S/C10H14ClN3O4/c11-4-10(5-15)6(16)3-8(18-10)14-2-1-7(12)13-9(14)17/h1-2,6,8,15-16H,3-5H2,(H2,12,13,17)/t6-,8?,10+/m0/s1. The van der Waals surface area contributed by atoms with Gasteiger partial charge in [0, 0.05) is 12.6 Å². The van der Waals surface area contributed by atoms with Crippen LogP contribution in [0.25, 0.3) is 0 Å². The van der Waals surface area contributed by atoms with Crippen LogP contribution in [0.3, 0.4) is 0 Å². The molecule has 1 aromatic heterocycles. The summed E-state index contributed by atoms with van der Waals surface area (Å²) < 4.78 is 6.73. The van der Waals surface area contributed by atoms with Crippen LogP contribution in [0, 0.1) is 0 Å². The van der Waals surface area contributed by atoms with E-state index in [1.165, 1.54) is 16.8 Å². The molecule has 18 heavy (non-hydrogen) atoms. The first kappa shape index (κ1) is 13.3. The molecule has 0 aliphatic carbocycles. The van der Waals surface area contributed by atoms with Crippen molar-refractivity contribution in [1.29, 1.82) is 0 Å². The summed E-state index contributed by atoms with van der Waals surface area (Å²) in [6.07, 6.45) is -0.0799. The zero-order chi connectivity index (χ0) is 13.3. The van der Waals surface area contributed by atoms with E-state index in [4.69, 9.17) is 22.1 Å². The number of hydrogen-bond acceptors (Lipinski definition) is 6. The number of alkyl halides is 1. The topological polar surface area (TPSA) is 111 Å². The Kier molecular flexibility index (Phi) is 3.58. The summed E-state index contributed by atoms with van der Waals surface area (Å²) in [6.45, 7) is -0.425. The molecule has 8 heteroatoms. The van der Waals surface area contributed by atoms with Gasteiger partial charge in [0.25, 0.3) is 0 Å². The third kappa shape index (κ3) is 2.10. The van der Waals surface area contributed by atoms with Crippen molar-refractivity contribution in [2.75, 3.05) is 18.2 Å². The molecule has 0 radical (unpaired) electrons. The van der Waals surface area contributed by atoms with Crippen molar-refractivity contribution in [2.45, 2.75) is 24.4 Å². The average Bonchev–Trinajstić information content (AvgIpc) is 2.67. The van der Waals surface area contributed by atoms with Crippen LogP contribution in [0.2, 0.25) is 0 Å². The molecular weight excluding hydrogens is 262 g/mol. The van der Waals surface area contributed by atoms with Crippen molar-refractivity contribution in [3.8, 4) is 0 Å². The van der Waals surface area contributed by atoms with Crippen LogP contribution in [0.1, 0.15) is 12.6 Å². The Morgan fingerprint density at radius 3 is 2.94 bits per heavy atom. The van der Waals surface area contributed by atoms with E-state index in [-0.39, 0.29) is 18.1 Å². The summed E-state index contributed by atoms with van der Waals surface area (Å²) in [4.78, 5) is 15.2.